The Kier molecular flexibility index (Phi) is 4.13. The zero-order valence-corrected chi connectivity index (χ0v) is 11.5. The first-order chi connectivity index (χ1) is 8.49. The van der Waals surface area contributed by atoms with Crippen molar-refractivity contribution in [2.45, 2.75) is 18.7 Å². The Labute approximate surface area is 116 Å². The molecule has 1 amide bonds. The molecule has 1 fully saturated rings. The first-order valence-corrected chi connectivity index (χ1v) is 6.69. The molecule has 0 aromatic heterocycles. The predicted octanol–water partition coefficient (Wildman–Crippen LogP) is 3.57. The summed E-state index contributed by atoms with van der Waals surface area (Å²) in [6.45, 7) is 3.28. The molecule has 1 saturated heterocycles. The van der Waals surface area contributed by atoms with E-state index in [4.69, 9.17) is 23.2 Å². The number of alkyl halides is 1. The molecule has 2 unspecified atom stereocenters. The van der Waals surface area contributed by atoms with Crippen LogP contribution in [0.3, 0.4) is 0 Å². The molecule has 1 heterocycles. The van der Waals surface area contributed by atoms with Gasteiger partial charge in [-0.3, -0.25) is 4.79 Å². The predicted molar refractivity (Wildman–Crippen MR) is 70.7 cm³/mol. The van der Waals surface area contributed by atoms with Crippen molar-refractivity contribution in [3.63, 3.8) is 0 Å². The van der Waals surface area contributed by atoms with Crippen LogP contribution >= 0.6 is 23.2 Å². The Hall–Kier alpha value is -0.800. The highest BCUT2D eigenvalue weighted by Crippen LogP contribution is 2.24. The Morgan fingerprint density at radius 3 is 2.83 bits per heavy atom. The van der Waals surface area contributed by atoms with Gasteiger partial charge in [-0.25, -0.2) is 4.39 Å². The van der Waals surface area contributed by atoms with Crippen LogP contribution in [0.2, 0.25) is 5.02 Å². The minimum Gasteiger partial charge on any atom is -0.338 e. The number of carbonyl (C=O) groups is 1. The number of benzene rings is 1. The maximum Gasteiger partial charge on any atom is 0.253 e. The zero-order valence-electron chi connectivity index (χ0n) is 10.00. The van der Waals surface area contributed by atoms with Crippen LogP contribution in [0.1, 0.15) is 23.7 Å². The quantitative estimate of drug-likeness (QED) is 0.724. The smallest absolute Gasteiger partial charge is 0.253 e. The second kappa shape index (κ2) is 5.45. The minimum atomic E-state index is -0.513. The van der Waals surface area contributed by atoms with Gasteiger partial charge in [-0.15, -0.1) is 11.6 Å². The largest absolute Gasteiger partial charge is 0.338 e. The lowest BCUT2D eigenvalue weighted by Gasteiger charge is -2.34. The van der Waals surface area contributed by atoms with Crippen LogP contribution in [0.5, 0.6) is 0 Å². The molecule has 1 aromatic carbocycles. The number of carbonyl (C=O) groups excluding carboxylic acids is 1. The van der Waals surface area contributed by atoms with Gasteiger partial charge >= 0.3 is 0 Å². The van der Waals surface area contributed by atoms with Gasteiger partial charge in [-0.1, -0.05) is 18.5 Å². The number of nitrogens with zero attached hydrogens (tertiary/aromatic N) is 1. The summed E-state index contributed by atoms with van der Waals surface area (Å²) >= 11 is 11.8. The Bertz CT molecular complexity index is 466. The second-order valence-electron chi connectivity index (χ2n) is 4.66. The van der Waals surface area contributed by atoms with Gasteiger partial charge in [0.1, 0.15) is 5.82 Å². The lowest BCUT2D eigenvalue weighted by Crippen LogP contribution is -2.43. The molecule has 5 heteroatoms. The van der Waals surface area contributed by atoms with Crippen LogP contribution in [0, 0.1) is 11.7 Å². The summed E-state index contributed by atoms with van der Waals surface area (Å²) < 4.78 is 13.0. The summed E-state index contributed by atoms with van der Waals surface area (Å²) in [7, 11) is 0. The standard InChI is InChI=1S/C13H14Cl2FNO/c1-8-7-17(5-4-10(8)14)13(18)9-2-3-12(16)11(15)6-9/h2-3,6,8,10H,4-5,7H2,1H3. The van der Waals surface area contributed by atoms with E-state index in [0.29, 0.717) is 18.7 Å². The lowest BCUT2D eigenvalue weighted by molar-refractivity contribution is 0.0687. The maximum atomic E-state index is 13.0. The number of piperidine rings is 1. The third-order valence-electron chi connectivity index (χ3n) is 3.25. The number of likely N-dealkylation sites (tertiary alicyclic amines) is 1. The van der Waals surface area contributed by atoms with Crippen molar-refractivity contribution in [1.82, 2.24) is 4.90 Å². The summed E-state index contributed by atoms with van der Waals surface area (Å²) in [6.07, 6.45) is 0.781. The SMILES string of the molecule is CC1CN(C(=O)c2ccc(F)c(Cl)c2)CCC1Cl. The average Bonchev–Trinajstić information content (AvgIpc) is 2.35. The fourth-order valence-corrected chi connectivity index (χ4v) is 2.47. The summed E-state index contributed by atoms with van der Waals surface area (Å²) in [6, 6.07) is 4.05. The van der Waals surface area contributed by atoms with Crippen LogP contribution in [-0.4, -0.2) is 29.3 Å². The van der Waals surface area contributed by atoms with Crippen molar-refractivity contribution >= 4 is 29.1 Å². The van der Waals surface area contributed by atoms with Gasteiger partial charge < -0.3 is 4.90 Å². The van der Waals surface area contributed by atoms with Crippen LogP contribution in [0.15, 0.2) is 18.2 Å². The van der Waals surface area contributed by atoms with Crippen molar-refractivity contribution in [1.29, 1.82) is 0 Å². The van der Waals surface area contributed by atoms with Crippen LogP contribution in [-0.2, 0) is 0 Å². The van der Waals surface area contributed by atoms with Gasteiger partial charge in [-0.2, -0.15) is 0 Å². The molecule has 18 heavy (non-hydrogen) atoms. The summed E-state index contributed by atoms with van der Waals surface area (Å²) in [4.78, 5) is 14.0. The van der Waals surface area contributed by atoms with Crippen LogP contribution < -0.4 is 0 Å². The number of rotatable bonds is 1. The van der Waals surface area contributed by atoms with E-state index >= 15 is 0 Å². The van der Waals surface area contributed by atoms with Crippen molar-refractivity contribution < 1.29 is 9.18 Å². The Morgan fingerprint density at radius 1 is 1.50 bits per heavy atom. The third-order valence-corrected chi connectivity index (χ3v) is 4.19. The fourth-order valence-electron chi connectivity index (χ4n) is 2.11. The first-order valence-electron chi connectivity index (χ1n) is 5.87. The van der Waals surface area contributed by atoms with E-state index in [9.17, 15) is 9.18 Å². The van der Waals surface area contributed by atoms with Crippen LogP contribution in [0.4, 0.5) is 4.39 Å². The van der Waals surface area contributed by atoms with Crippen molar-refractivity contribution in [2.24, 2.45) is 5.92 Å². The van der Waals surface area contributed by atoms with Gasteiger partial charge in [0.25, 0.3) is 5.91 Å². The van der Waals surface area contributed by atoms with Gasteiger partial charge in [-0.05, 0) is 30.5 Å². The number of halogens is 3. The molecule has 0 radical (unpaired) electrons. The maximum absolute atomic E-state index is 13.0. The van der Waals surface area contributed by atoms with Gasteiger partial charge in [0.2, 0.25) is 0 Å². The third kappa shape index (κ3) is 2.78. The second-order valence-corrected chi connectivity index (χ2v) is 5.63. The van der Waals surface area contributed by atoms with E-state index in [-0.39, 0.29) is 22.2 Å². The molecule has 2 atom stereocenters. The summed E-state index contributed by atoms with van der Waals surface area (Å²) in [5.41, 5.74) is 0.418. The normalized spacial score (nSPS) is 24.1. The fraction of sp³-hybridized carbons (Fsp3) is 0.462. The molecule has 0 bridgehead atoms. The van der Waals surface area contributed by atoms with Gasteiger partial charge in [0.05, 0.1) is 5.02 Å². The highest BCUT2D eigenvalue weighted by Gasteiger charge is 2.27. The Morgan fingerprint density at radius 2 is 2.22 bits per heavy atom. The molecule has 0 N–H and O–H groups in total. The first kappa shape index (κ1) is 13.6. The number of hydrogen-bond acceptors (Lipinski definition) is 1. The highest BCUT2D eigenvalue weighted by atomic mass is 35.5. The number of amides is 1. The lowest BCUT2D eigenvalue weighted by atomic mass is 9.99. The molecule has 0 spiro atoms. The monoisotopic (exact) mass is 289 g/mol. The minimum absolute atomic E-state index is 0.0267. The van der Waals surface area contributed by atoms with E-state index in [1.807, 2.05) is 6.92 Å². The Balaban J connectivity index is 2.14. The summed E-state index contributed by atoms with van der Waals surface area (Å²) in [5.74, 6) is -0.367. The van der Waals surface area contributed by atoms with Crippen molar-refractivity contribution in [3.05, 3.63) is 34.6 Å². The molecule has 2 nitrogen and oxygen atoms in total. The van der Waals surface area contributed by atoms with Crippen molar-refractivity contribution in [3.8, 4) is 0 Å². The molecular weight excluding hydrogens is 276 g/mol. The molecule has 2 rings (SSSR count). The van der Waals surface area contributed by atoms with Gasteiger partial charge in [0, 0.05) is 24.0 Å². The molecule has 1 aromatic rings. The van der Waals surface area contributed by atoms with E-state index in [0.717, 1.165) is 6.42 Å². The molecule has 1 aliphatic heterocycles. The van der Waals surface area contributed by atoms with Gasteiger partial charge in [0.15, 0.2) is 0 Å². The molecule has 0 saturated carbocycles. The molecule has 1 aliphatic rings. The van der Waals surface area contributed by atoms with Crippen molar-refractivity contribution in [2.75, 3.05) is 13.1 Å². The van der Waals surface area contributed by atoms with E-state index < -0.39 is 5.82 Å². The van der Waals surface area contributed by atoms with Crippen LogP contribution in [0.25, 0.3) is 0 Å². The molecule has 98 valence electrons. The topological polar surface area (TPSA) is 20.3 Å². The zero-order chi connectivity index (χ0) is 13.3. The molecule has 0 aliphatic carbocycles. The summed E-state index contributed by atoms with van der Waals surface area (Å²) in [5, 5.41) is 0.0898. The van der Waals surface area contributed by atoms with E-state index in [1.165, 1.54) is 18.2 Å². The highest BCUT2D eigenvalue weighted by molar-refractivity contribution is 6.31. The van der Waals surface area contributed by atoms with E-state index in [1.54, 1.807) is 4.90 Å². The average molecular weight is 290 g/mol. The number of hydrogen-bond donors (Lipinski definition) is 0. The van der Waals surface area contributed by atoms with E-state index in [2.05, 4.69) is 0 Å². The molecular formula is C13H14Cl2FNO.